The predicted octanol–water partition coefficient (Wildman–Crippen LogP) is 1.41. The summed E-state index contributed by atoms with van der Waals surface area (Å²) in [6, 6.07) is 0. The van der Waals surface area contributed by atoms with Crippen LogP contribution in [0.5, 0.6) is 0 Å². The van der Waals surface area contributed by atoms with Crippen molar-refractivity contribution in [2.75, 3.05) is 20.6 Å². The van der Waals surface area contributed by atoms with E-state index in [9.17, 15) is 4.79 Å². The molecule has 5 heteroatoms. The van der Waals surface area contributed by atoms with E-state index in [1.54, 1.807) is 27.9 Å². The molecule has 0 N–H and O–H groups in total. The first-order valence-electron chi connectivity index (χ1n) is 3.64. The van der Waals surface area contributed by atoms with Crippen molar-refractivity contribution in [2.24, 2.45) is 10.5 Å². The molecule has 0 atom stereocenters. The summed E-state index contributed by atoms with van der Waals surface area (Å²) in [5.41, 5.74) is 7.48. The maximum absolute atomic E-state index is 11.4. The lowest BCUT2D eigenvalue weighted by atomic mass is 9.92. The van der Waals surface area contributed by atoms with Crippen LogP contribution in [0.4, 0.5) is 0 Å². The van der Waals surface area contributed by atoms with E-state index in [1.807, 2.05) is 0 Å². The molecule has 0 aliphatic heterocycles. The Balaban J connectivity index is 4.38. The molecule has 0 aromatic rings. The summed E-state index contributed by atoms with van der Waals surface area (Å²) < 4.78 is 0. The topological polar surface area (TPSA) is 69.1 Å². The highest BCUT2D eigenvalue weighted by Gasteiger charge is 2.27. The van der Waals surface area contributed by atoms with Crippen molar-refractivity contribution in [1.29, 1.82) is 0 Å². The summed E-state index contributed by atoms with van der Waals surface area (Å²) >= 11 is 0. The molecular formula is C7H14N4O. The fourth-order valence-electron chi connectivity index (χ4n) is 0.881. The fourth-order valence-corrected chi connectivity index (χ4v) is 0.881. The minimum absolute atomic E-state index is 0.0325. The van der Waals surface area contributed by atoms with Gasteiger partial charge in [-0.3, -0.25) is 4.79 Å². The molecular weight excluding hydrogens is 156 g/mol. The summed E-state index contributed by atoms with van der Waals surface area (Å²) in [5, 5.41) is 3.38. The molecule has 0 rings (SSSR count). The second-order valence-electron chi connectivity index (χ2n) is 3.47. The van der Waals surface area contributed by atoms with Gasteiger partial charge in [0.15, 0.2) is 0 Å². The zero-order valence-corrected chi connectivity index (χ0v) is 7.90. The highest BCUT2D eigenvalue weighted by molar-refractivity contribution is 5.81. The van der Waals surface area contributed by atoms with E-state index in [1.165, 1.54) is 4.90 Å². The molecule has 0 saturated heterocycles. The van der Waals surface area contributed by atoms with E-state index in [2.05, 4.69) is 10.0 Å². The average Bonchev–Trinajstić information content (AvgIpc) is 1.99. The van der Waals surface area contributed by atoms with Gasteiger partial charge in [0.05, 0.1) is 0 Å². The van der Waals surface area contributed by atoms with E-state index < -0.39 is 5.41 Å². The third-order valence-electron chi connectivity index (χ3n) is 1.51. The van der Waals surface area contributed by atoms with Gasteiger partial charge in [-0.2, -0.15) is 0 Å². The van der Waals surface area contributed by atoms with E-state index >= 15 is 0 Å². The van der Waals surface area contributed by atoms with E-state index in [-0.39, 0.29) is 12.5 Å². The first-order chi connectivity index (χ1) is 5.41. The standard InChI is InChI=1S/C7H14N4O/c1-7(2,5-9-10-8)6(12)11(3)4/h5H2,1-4H3. The van der Waals surface area contributed by atoms with Crippen molar-refractivity contribution in [1.82, 2.24) is 4.90 Å². The smallest absolute Gasteiger partial charge is 0.227 e. The molecule has 12 heavy (non-hydrogen) atoms. The Bertz CT molecular complexity index is 215. The van der Waals surface area contributed by atoms with Gasteiger partial charge < -0.3 is 4.90 Å². The molecule has 0 bridgehead atoms. The highest BCUT2D eigenvalue weighted by atomic mass is 16.2. The maximum atomic E-state index is 11.4. The van der Waals surface area contributed by atoms with E-state index in [0.29, 0.717) is 0 Å². The molecule has 1 amide bonds. The number of nitrogens with zero attached hydrogens (tertiary/aromatic N) is 4. The van der Waals surface area contributed by atoms with Crippen molar-refractivity contribution in [3.05, 3.63) is 10.4 Å². The minimum atomic E-state index is -0.601. The normalized spacial score (nSPS) is 10.3. The summed E-state index contributed by atoms with van der Waals surface area (Å²) in [4.78, 5) is 15.5. The van der Waals surface area contributed by atoms with Crippen molar-refractivity contribution >= 4 is 5.91 Å². The second kappa shape index (κ2) is 3.97. The van der Waals surface area contributed by atoms with Gasteiger partial charge in [0, 0.05) is 31.0 Å². The summed E-state index contributed by atoms with van der Waals surface area (Å²) in [7, 11) is 3.36. The van der Waals surface area contributed by atoms with Crippen molar-refractivity contribution in [2.45, 2.75) is 13.8 Å². The third-order valence-corrected chi connectivity index (χ3v) is 1.51. The number of amides is 1. The maximum Gasteiger partial charge on any atom is 0.227 e. The molecule has 0 aromatic carbocycles. The largest absolute Gasteiger partial charge is 0.348 e. The van der Waals surface area contributed by atoms with Crippen LogP contribution < -0.4 is 0 Å². The average molecular weight is 170 g/mol. The van der Waals surface area contributed by atoms with Crippen LogP contribution in [-0.2, 0) is 4.79 Å². The van der Waals surface area contributed by atoms with Gasteiger partial charge in [-0.05, 0) is 5.53 Å². The monoisotopic (exact) mass is 170 g/mol. The Morgan fingerprint density at radius 3 is 2.42 bits per heavy atom. The fraction of sp³-hybridized carbons (Fsp3) is 0.857. The zero-order chi connectivity index (χ0) is 9.78. The zero-order valence-electron chi connectivity index (χ0n) is 7.90. The molecule has 0 aromatic heterocycles. The minimum Gasteiger partial charge on any atom is -0.348 e. The van der Waals surface area contributed by atoms with Crippen LogP contribution in [0.25, 0.3) is 10.4 Å². The number of carbonyl (C=O) groups is 1. The third kappa shape index (κ3) is 2.80. The summed E-state index contributed by atoms with van der Waals surface area (Å²) in [6.07, 6.45) is 0. The SMILES string of the molecule is CN(C)C(=O)C(C)(C)CN=[N+]=[N-]. The van der Waals surface area contributed by atoms with Crippen LogP contribution in [0.3, 0.4) is 0 Å². The van der Waals surface area contributed by atoms with Crippen molar-refractivity contribution in [3.8, 4) is 0 Å². The van der Waals surface area contributed by atoms with Gasteiger partial charge in [-0.1, -0.05) is 19.0 Å². The van der Waals surface area contributed by atoms with Crippen LogP contribution in [-0.4, -0.2) is 31.4 Å². The van der Waals surface area contributed by atoms with Crippen LogP contribution in [0.15, 0.2) is 5.11 Å². The number of hydrogen-bond donors (Lipinski definition) is 0. The predicted molar refractivity (Wildman–Crippen MR) is 46.5 cm³/mol. The molecule has 68 valence electrons. The summed E-state index contributed by atoms with van der Waals surface area (Å²) in [5.74, 6) is -0.0325. The molecule has 0 fully saturated rings. The number of rotatable bonds is 3. The first kappa shape index (κ1) is 10.8. The van der Waals surface area contributed by atoms with Gasteiger partial charge in [0.1, 0.15) is 0 Å². The Labute approximate surface area is 72.0 Å². The Hall–Kier alpha value is -1.22. The molecule has 5 nitrogen and oxygen atoms in total. The van der Waals surface area contributed by atoms with Crippen LogP contribution in [0.1, 0.15) is 13.8 Å². The van der Waals surface area contributed by atoms with Gasteiger partial charge in [-0.25, -0.2) is 0 Å². The summed E-state index contributed by atoms with van der Waals surface area (Å²) in [6.45, 7) is 3.70. The molecule has 0 spiro atoms. The number of hydrogen-bond acceptors (Lipinski definition) is 2. The van der Waals surface area contributed by atoms with E-state index in [0.717, 1.165) is 0 Å². The Morgan fingerprint density at radius 2 is 2.08 bits per heavy atom. The lowest BCUT2D eigenvalue weighted by Gasteiger charge is -2.24. The van der Waals surface area contributed by atoms with Crippen LogP contribution in [0.2, 0.25) is 0 Å². The van der Waals surface area contributed by atoms with Gasteiger partial charge in [0.25, 0.3) is 0 Å². The second-order valence-corrected chi connectivity index (χ2v) is 3.47. The molecule has 0 aliphatic rings. The lowest BCUT2D eigenvalue weighted by molar-refractivity contribution is -0.137. The van der Waals surface area contributed by atoms with Gasteiger partial charge in [0.2, 0.25) is 5.91 Å². The Morgan fingerprint density at radius 1 is 1.58 bits per heavy atom. The highest BCUT2D eigenvalue weighted by Crippen LogP contribution is 2.17. The molecule has 0 aliphatic carbocycles. The van der Waals surface area contributed by atoms with Crippen LogP contribution >= 0.6 is 0 Å². The molecule has 0 radical (unpaired) electrons. The van der Waals surface area contributed by atoms with Crippen molar-refractivity contribution in [3.63, 3.8) is 0 Å². The first-order valence-corrected chi connectivity index (χ1v) is 3.64. The molecule has 0 unspecified atom stereocenters. The lowest BCUT2D eigenvalue weighted by Crippen LogP contribution is -2.37. The molecule has 0 heterocycles. The van der Waals surface area contributed by atoms with Crippen molar-refractivity contribution < 1.29 is 4.79 Å². The number of azide groups is 1. The quantitative estimate of drug-likeness (QED) is 0.358. The Kier molecular flexibility index (Phi) is 3.57. The van der Waals surface area contributed by atoms with Gasteiger partial charge in [-0.15, -0.1) is 0 Å². The molecule has 0 saturated carbocycles. The van der Waals surface area contributed by atoms with Gasteiger partial charge >= 0.3 is 0 Å². The number of carbonyl (C=O) groups excluding carboxylic acids is 1. The van der Waals surface area contributed by atoms with Crippen LogP contribution in [0, 0.1) is 5.41 Å². The van der Waals surface area contributed by atoms with E-state index in [4.69, 9.17) is 5.53 Å².